The Morgan fingerprint density at radius 3 is 2.23 bits per heavy atom. The van der Waals surface area contributed by atoms with Crippen LogP contribution in [-0.2, 0) is 28.6 Å². The lowest BCUT2D eigenvalue weighted by Gasteiger charge is -2.41. The van der Waals surface area contributed by atoms with Crippen molar-refractivity contribution in [2.45, 2.75) is 70.9 Å². The van der Waals surface area contributed by atoms with Crippen LogP contribution in [0.2, 0.25) is 0 Å². The summed E-state index contributed by atoms with van der Waals surface area (Å²) in [7, 11) is 0. The highest BCUT2D eigenvalue weighted by Gasteiger charge is 2.33. The van der Waals surface area contributed by atoms with Crippen LogP contribution in [0, 0.1) is 5.92 Å². The van der Waals surface area contributed by atoms with Crippen LogP contribution in [0.4, 0.5) is 4.79 Å². The highest BCUT2D eigenvalue weighted by atomic mass is 16.7. The molecule has 1 saturated carbocycles. The van der Waals surface area contributed by atoms with Gasteiger partial charge >= 0.3 is 18.0 Å². The number of hydrogen-bond donors (Lipinski definition) is 0. The smallest absolute Gasteiger partial charge is 0.412 e. The van der Waals surface area contributed by atoms with Crippen LogP contribution < -0.4 is 4.74 Å². The van der Waals surface area contributed by atoms with Crippen molar-refractivity contribution < 1.29 is 42.9 Å². The van der Waals surface area contributed by atoms with E-state index >= 15 is 0 Å². The molecule has 0 atom stereocenters. The third kappa shape index (κ3) is 9.67. The Bertz CT molecular complexity index is 1130. The molecule has 3 fully saturated rings. The number of amides is 2. The maximum atomic E-state index is 12.9. The van der Waals surface area contributed by atoms with Gasteiger partial charge < -0.3 is 28.7 Å². The van der Waals surface area contributed by atoms with Crippen molar-refractivity contribution in [3.05, 3.63) is 29.8 Å². The third-order valence-corrected chi connectivity index (χ3v) is 8.16. The van der Waals surface area contributed by atoms with Crippen molar-refractivity contribution in [2.75, 3.05) is 52.7 Å². The predicted molar refractivity (Wildman–Crippen MR) is 154 cm³/mol. The molecule has 0 bridgehead atoms. The second-order valence-electron chi connectivity index (χ2n) is 11.6. The highest BCUT2D eigenvalue weighted by Crippen LogP contribution is 2.22. The molecular formula is C31H43N3O9. The summed E-state index contributed by atoms with van der Waals surface area (Å²) in [6.45, 7) is 5.08. The monoisotopic (exact) mass is 601 g/mol. The molecule has 0 aromatic heterocycles. The summed E-state index contributed by atoms with van der Waals surface area (Å²) < 4.78 is 20.9. The number of ketones is 1. The molecule has 236 valence electrons. The first-order chi connectivity index (χ1) is 20.7. The fourth-order valence-electron chi connectivity index (χ4n) is 5.56. The normalized spacial score (nSPS) is 18.8. The Morgan fingerprint density at radius 2 is 1.58 bits per heavy atom. The number of piperazine rings is 1. The number of piperidine rings is 1. The van der Waals surface area contributed by atoms with Crippen LogP contribution in [0.1, 0.15) is 69.2 Å². The molecule has 4 rings (SSSR count). The molecule has 1 aromatic carbocycles. The molecule has 2 saturated heterocycles. The van der Waals surface area contributed by atoms with Gasteiger partial charge in [0.05, 0.1) is 19.0 Å². The topological polar surface area (TPSA) is 132 Å². The number of nitrogens with zero attached hydrogens (tertiary/aromatic N) is 3. The summed E-state index contributed by atoms with van der Waals surface area (Å²) in [5.74, 6) is -0.919. The second kappa shape index (κ2) is 15.7. The fourth-order valence-corrected chi connectivity index (χ4v) is 5.56. The van der Waals surface area contributed by atoms with Gasteiger partial charge in [-0.25, -0.2) is 9.59 Å². The number of hydrogen-bond acceptors (Lipinski definition) is 10. The van der Waals surface area contributed by atoms with E-state index in [0.29, 0.717) is 50.3 Å². The van der Waals surface area contributed by atoms with E-state index < -0.39 is 18.9 Å². The lowest BCUT2D eigenvalue weighted by molar-refractivity contribution is -0.156. The molecular weight excluding hydrogens is 558 g/mol. The van der Waals surface area contributed by atoms with E-state index in [2.05, 4.69) is 4.90 Å². The number of likely N-dealkylation sites (tertiary alicyclic amines) is 1. The minimum absolute atomic E-state index is 0.00768. The number of rotatable bonds is 11. The van der Waals surface area contributed by atoms with E-state index in [1.807, 2.05) is 0 Å². The van der Waals surface area contributed by atoms with Gasteiger partial charge in [0.2, 0.25) is 12.7 Å². The molecule has 0 unspecified atom stereocenters. The minimum atomic E-state index is -0.522. The second-order valence-corrected chi connectivity index (χ2v) is 11.6. The van der Waals surface area contributed by atoms with Gasteiger partial charge in [0.25, 0.3) is 0 Å². The van der Waals surface area contributed by atoms with Gasteiger partial charge in [0.15, 0.2) is 12.4 Å². The Hall–Kier alpha value is -3.67. The maximum absolute atomic E-state index is 12.9. The van der Waals surface area contributed by atoms with Crippen LogP contribution in [0.25, 0.3) is 0 Å². The van der Waals surface area contributed by atoms with Crippen LogP contribution in [0.15, 0.2) is 24.3 Å². The molecule has 1 aromatic rings. The quantitative estimate of drug-likeness (QED) is 0.212. The first-order valence-corrected chi connectivity index (χ1v) is 15.3. The average Bonchev–Trinajstić information content (AvgIpc) is 3.01. The molecule has 0 spiro atoms. The Kier molecular flexibility index (Phi) is 11.8. The van der Waals surface area contributed by atoms with E-state index in [9.17, 15) is 24.0 Å². The molecule has 12 nitrogen and oxygen atoms in total. The average molecular weight is 602 g/mol. The summed E-state index contributed by atoms with van der Waals surface area (Å²) in [4.78, 5) is 66.9. The fraction of sp³-hybridized carbons (Fsp3) is 0.645. The van der Waals surface area contributed by atoms with E-state index in [4.69, 9.17) is 18.9 Å². The summed E-state index contributed by atoms with van der Waals surface area (Å²) in [6, 6.07) is 6.70. The number of esters is 2. The van der Waals surface area contributed by atoms with Crippen molar-refractivity contribution in [1.82, 2.24) is 14.7 Å². The van der Waals surface area contributed by atoms with Crippen molar-refractivity contribution in [2.24, 2.45) is 5.92 Å². The number of Topliss-reactive ketones (excluding diaryl/α,β-unsaturated/α-hetero) is 1. The Labute approximate surface area is 252 Å². The van der Waals surface area contributed by atoms with E-state index in [-0.39, 0.29) is 55.4 Å². The zero-order chi connectivity index (χ0) is 30.8. The van der Waals surface area contributed by atoms with Crippen molar-refractivity contribution in [1.29, 1.82) is 0 Å². The highest BCUT2D eigenvalue weighted by molar-refractivity contribution is 5.99. The van der Waals surface area contributed by atoms with Gasteiger partial charge in [0.1, 0.15) is 11.9 Å². The van der Waals surface area contributed by atoms with Gasteiger partial charge in [-0.3, -0.25) is 19.3 Å². The van der Waals surface area contributed by atoms with Crippen molar-refractivity contribution in [3.8, 4) is 5.75 Å². The van der Waals surface area contributed by atoms with E-state index in [1.165, 1.54) is 6.42 Å². The largest absolute Gasteiger partial charge is 0.482 e. The van der Waals surface area contributed by atoms with Crippen LogP contribution in [0.3, 0.4) is 0 Å². The molecule has 2 aliphatic heterocycles. The van der Waals surface area contributed by atoms with Gasteiger partial charge in [-0.2, -0.15) is 0 Å². The summed E-state index contributed by atoms with van der Waals surface area (Å²) in [5, 5.41) is 0. The molecule has 2 amide bonds. The van der Waals surface area contributed by atoms with Gasteiger partial charge in [-0.15, -0.1) is 0 Å². The zero-order valence-electron chi connectivity index (χ0n) is 25.2. The van der Waals surface area contributed by atoms with Gasteiger partial charge in [-0.05, 0) is 62.8 Å². The first kappa shape index (κ1) is 32.2. The first-order valence-electron chi connectivity index (χ1n) is 15.3. The Morgan fingerprint density at radius 1 is 0.884 bits per heavy atom. The zero-order valence-corrected chi connectivity index (χ0v) is 25.2. The van der Waals surface area contributed by atoms with E-state index in [0.717, 1.165) is 25.7 Å². The maximum Gasteiger partial charge on any atom is 0.412 e. The van der Waals surface area contributed by atoms with Crippen LogP contribution >= 0.6 is 0 Å². The lowest BCUT2D eigenvalue weighted by atomic mass is 9.98. The standard InChI is InChI=1S/C31H43N3O9/c1-22(2)30(38)41-21-42-31(39)32-14-12-24(13-15-32)33-16-17-34(28(36)19-33)18-27(35)23-8-10-25(11-9-23)40-20-29(37)43-26-6-4-3-5-7-26/h8-11,22,24,26H,3-7,12-21H2,1-2H3. The summed E-state index contributed by atoms with van der Waals surface area (Å²) >= 11 is 0. The third-order valence-electron chi connectivity index (χ3n) is 8.16. The van der Waals surface area contributed by atoms with Crippen LogP contribution in [0.5, 0.6) is 5.75 Å². The number of carbonyl (C=O) groups excluding carboxylic acids is 5. The summed E-state index contributed by atoms with van der Waals surface area (Å²) in [6.07, 6.45) is 5.99. The predicted octanol–water partition coefficient (Wildman–Crippen LogP) is 3.03. The lowest BCUT2D eigenvalue weighted by Crippen LogP contribution is -2.56. The van der Waals surface area contributed by atoms with Crippen molar-refractivity contribution in [3.63, 3.8) is 0 Å². The Balaban J connectivity index is 1.14. The molecule has 3 aliphatic rings. The molecule has 12 heteroatoms. The van der Waals surface area contributed by atoms with Gasteiger partial charge in [-0.1, -0.05) is 20.3 Å². The number of benzene rings is 1. The minimum Gasteiger partial charge on any atom is -0.482 e. The molecule has 0 N–H and O–H groups in total. The number of ether oxygens (including phenoxy) is 4. The molecule has 0 radical (unpaired) electrons. The molecule has 1 aliphatic carbocycles. The van der Waals surface area contributed by atoms with Crippen LogP contribution in [-0.4, -0.2) is 109 Å². The number of carbonyl (C=O) groups is 5. The van der Waals surface area contributed by atoms with Crippen molar-refractivity contribution >= 4 is 29.7 Å². The SMILES string of the molecule is CC(C)C(=O)OCOC(=O)N1CCC(N2CCN(CC(=O)c3ccc(OCC(=O)OC4CCCCC4)cc3)C(=O)C2)CC1. The summed E-state index contributed by atoms with van der Waals surface area (Å²) in [5.41, 5.74) is 0.464. The molecule has 43 heavy (non-hydrogen) atoms. The molecule has 2 heterocycles. The van der Waals surface area contributed by atoms with Gasteiger partial charge in [0, 0.05) is 37.8 Å². The van der Waals surface area contributed by atoms with E-state index in [1.54, 1.807) is 47.9 Å².